The van der Waals surface area contributed by atoms with Crippen LogP contribution in [-0.4, -0.2) is 167 Å². The highest BCUT2D eigenvalue weighted by atomic mass is 16.7. The highest BCUT2D eigenvalue weighted by Gasteiger charge is 2.58. The van der Waals surface area contributed by atoms with Gasteiger partial charge in [0.05, 0.1) is 35.9 Å². The summed E-state index contributed by atoms with van der Waals surface area (Å²) in [6, 6.07) is -0.877. The first kappa shape index (κ1) is 49.3. The lowest BCUT2D eigenvalue weighted by molar-refractivity contribution is -0.336. The number of aliphatic hydroxyl groups excluding tert-OH is 2. The van der Waals surface area contributed by atoms with E-state index in [1.54, 1.807) is 34.6 Å². The van der Waals surface area contributed by atoms with Crippen molar-refractivity contribution in [2.75, 3.05) is 40.8 Å². The first-order chi connectivity index (χ1) is 25.9. The van der Waals surface area contributed by atoms with Gasteiger partial charge in [0.1, 0.15) is 35.1 Å². The Kier molecular flexibility index (Phi) is 17.6. The van der Waals surface area contributed by atoms with Gasteiger partial charge in [0.25, 0.3) is 0 Å². The van der Waals surface area contributed by atoms with Crippen LogP contribution in [0.5, 0.6) is 0 Å². The maximum atomic E-state index is 14.3. The predicted molar refractivity (Wildman–Crippen MR) is 212 cm³/mol. The summed E-state index contributed by atoms with van der Waals surface area (Å²) in [6.07, 6.45) is -6.71. The molecule has 3 fully saturated rings. The standard InChI is InChI=1S/C41H79N3O12/c1-15-17-42-22-41(50)28(8)53-31(20-39(41,10)51-14)55-33-25(5)35(56-37-32(45)29(44(12)13)18-24(4)52-37)38(9,48)19-23(3)21-43-27(7)34(46)40(11,49)30(16-2)54-36(47)26(33)6/h23-35,37,42-43,45-46,48-50H,15-22H2,1-14H3/t23?,24?,25?,26?,27?,28?,29?,30?,31-,32?,33?,34?,35?,37-,38+,39+,40+,41-/m0/s1. The van der Waals surface area contributed by atoms with Crippen LogP contribution in [0.4, 0.5) is 0 Å². The lowest BCUT2D eigenvalue weighted by Gasteiger charge is -2.53. The molecule has 3 heterocycles. The summed E-state index contributed by atoms with van der Waals surface area (Å²) >= 11 is 0. The fourth-order valence-corrected chi connectivity index (χ4v) is 9.21. The zero-order valence-corrected chi connectivity index (χ0v) is 36.8. The number of hydrogen-bond donors (Lipinski definition) is 7. The van der Waals surface area contributed by atoms with Crippen LogP contribution in [0.25, 0.3) is 0 Å². The number of hydrogen-bond acceptors (Lipinski definition) is 15. The molecule has 18 atom stereocenters. The Bertz CT molecular complexity index is 1230. The van der Waals surface area contributed by atoms with E-state index < -0.39 is 95.5 Å². The average molecular weight is 806 g/mol. The molecule has 0 radical (unpaired) electrons. The summed E-state index contributed by atoms with van der Waals surface area (Å²) in [4.78, 5) is 16.2. The number of rotatable bonds is 11. The molecule has 3 aliphatic rings. The normalized spacial score (nSPS) is 47.9. The van der Waals surface area contributed by atoms with E-state index in [-0.39, 0.29) is 43.9 Å². The predicted octanol–water partition coefficient (Wildman–Crippen LogP) is 1.93. The molecule has 0 aromatic heterocycles. The van der Waals surface area contributed by atoms with Crippen molar-refractivity contribution in [3.05, 3.63) is 0 Å². The van der Waals surface area contributed by atoms with E-state index in [2.05, 4.69) is 10.6 Å². The van der Waals surface area contributed by atoms with Gasteiger partial charge < -0.3 is 69.5 Å². The molecule has 12 unspecified atom stereocenters. The average Bonchev–Trinajstić information content (AvgIpc) is 3.12. The lowest BCUT2D eigenvalue weighted by atomic mass is 9.75. The molecule has 7 N–H and O–H groups in total. The molecular formula is C41H79N3O12. The Morgan fingerprint density at radius 3 is 2.18 bits per heavy atom. The maximum absolute atomic E-state index is 14.3. The quantitative estimate of drug-likeness (QED) is 0.118. The molecule has 3 rings (SSSR count). The Morgan fingerprint density at radius 1 is 0.964 bits per heavy atom. The van der Waals surface area contributed by atoms with Gasteiger partial charge in [-0.05, 0) is 107 Å². The molecule has 0 aromatic carbocycles. The van der Waals surface area contributed by atoms with Crippen LogP contribution in [0.2, 0.25) is 0 Å². The van der Waals surface area contributed by atoms with E-state index in [0.29, 0.717) is 19.5 Å². The van der Waals surface area contributed by atoms with E-state index in [9.17, 15) is 30.3 Å². The Hall–Kier alpha value is -1.05. The molecule has 0 aromatic rings. The number of ether oxygens (including phenoxy) is 6. The van der Waals surface area contributed by atoms with E-state index in [1.807, 2.05) is 53.6 Å². The van der Waals surface area contributed by atoms with Crippen LogP contribution in [0.15, 0.2) is 0 Å². The Balaban J connectivity index is 2.16. The molecule has 3 saturated heterocycles. The molecule has 0 bridgehead atoms. The molecule has 15 nitrogen and oxygen atoms in total. The van der Waals surface area contributed by atoms with Crippen LogP contribution >= 0.6 is 0 Å². The summed E-state index contributed by atoms with van der Waals surface area (Å²) in [5.41, 5.74) is -5.95. The second-order valence-corrected chi connectivity index (χ2v) is 18.2. The van der Waals surface area contributed by atoms with Gasteiger partial charge in [-0.1, -0.05) is 27.7 Å². The first-order valence-electron chi connectivity index (χ1n) is 20.9. The van der Waals surface area contributed by atoms with Gasteiger partial charge in [-0.3, -0.25) is 4.79 Å². The number of esters is 1. The van der Waals surface area contributed by atoms with Gasteiger partial charge in [0.15, 0.2) is 12.6 Å². The van der Waals surface area contributed by atoms with Crippen molar-refractivity contribution in [1.82, 2.24) is 15.5 Å². The maximum Gasteiger partial charge on any atom is 0.311 e. The topological polar surface area (TPSA) is 201 Å². The van der Waals surface area contributed by atoms with Gasteiger partial charge in [0.2, 0.25) is 0 Å². The summed E-state index contributed by atoms with van der Waals surface area (Å²) in [6.45, 7) is 20.9. The third-order valence-electron chi connectivity index (χ3n) is 13.0. The highest BCUT2D eigenvalue weighted by Crippen LogP contribution is 2.43. The molecule has 15 heteroatoms. The summed E-state index contributed by atoms with van der Waals surface area (Å²) < 4.78 is 38.3. The molecule has 3 aliphatic heterocycles. The second-order valence-electron chi connectivity index (χ2n) is 18.2. The molecule has 0 aliphatic carbocycles. The summed E-state index contributed by atoms with van der Waals surface area (Å²) in [5.74, 6) is -2.66. The minimum Gasteiger partial charge on any atom is -0.459 e. The number of aliphatic hydroxyl groups is 5. The van der Waals surface area contributed by atoms with Gasteiger partial charge in [-0.15, -0.1) is 0 Å². The SMILES string of the molecule is CCCNC[C@]1(O)C(C)O[C@@H](OC2C(C)C(=O)OC(CC)[C@@](C)(O)C(O)C(C)NCC(C)C[C@@](C)(O)C(O[C@@H]3OC(C)CC(N(C)C)C3O)C2C)C[C@@]1(C)OC. The Morgan fingerprint density at radius 2 is 1.61 bits per heavy atom. The monoisotopic (exact) mass is 806 g/mol. The number of likely N-dealkylation sites (N-methyl/N-ethyl adjacent to an activating group) is 1. The first-order valence-corrected chi connectivity index (χ1v) is 20.9. The smallest absolute Gasteiger partial charge is 0.311 e. The molecule has 0 spiro atoms. The largest absolute Gasteiger partial charge is 0.459 e. The number of carbonyl (C=O) groups excluding carboxylic acids is 1. The zero-order chi connectivity index (χ0) is 42.6. The highest BCUT2D eigenvalue weighted by molar-refractivity contribution is 5.73. The Labute approximate surface area is 336 Å². The van der Waals surface area contributed by atoms with Gasteiger partial charge in [-0.2, -0.15) is 0 Å². The molecule has 330 valence electrons. The van der Waals surface area contributed by atoms with Crippen LogP contribution in [-0.2, 0) is 33.2 Å². The van der Waals surface area contributed by atoms with E-state index in [1.165, 1.54) is 14.0 Å². The fraction of sp³-hybridized carbons (Fsp3) is 0.976. The number of carbonyl (C=O) groups is 1. The van der Waals surface area contributed by atoms with Gasteiger partial charge in [-0.25, -0.2) is 0 Å². The van der Waals surface area contributed by atoms with Crippen molar-refractivity contribution in [1.29, 1.82) is 0 Å². The number of nitrogens with zero attached hydrogens (tertiary/aromatic N) is 1. The third kappa shape index (κ3) is 11.0. The number of cyclic esters (lactones) is 1. The van der Waals surface area contributed by atoms with E-state index in [4.69, 9.17) is 28.4 Å². The van der Waals surface area contributed by atoms with Crippen molar-refractivity contribution in [2.45, 2.75) is 198 Å². The van der Waals surface area contributed by atoms with Crippen LogP contribution in [0.3, 0.4) is 0 Å². The number of methoxy groups -OCH3 is 1. The van der Waals surface area contributed by atoms with Crippen LogP contribution in [0.1, 0.15) is 108 Å². The second kappa shape index (κ2) is 20.0. The summed E-state index contributed by atoms with van der Waals surface area (Å²) in [7, 11) is 5.31. The van der Waals surface area contributed by atoms with Crippen molar-refractivity contribution >= 4 is 5.97 Å². The lowest BCUT2D eigenvalue weighted by Crippen LogP contribution is -2.70. The zero-order valence-electron chi connectivity index (χ0n) is 36.8. The molecule has 0 amide bonds. The van der Waals surface area contributed by atoms with Crippen LogP contribution < -0.4 is 10.6 Å². The number of nitrogens with one attached hydrogen (secondary N) is 2. The fourth-order valence-electron chi connectivity index (χ4n) is 9.21. The minimum atomic E-state index is -1.81. The van der Waals surface area contributed by atoms with Crippen molar-refractivity contribution in [2.24, 2.45) is 17.8 Å². The van der Waals surface area contributed by atoms with Gasteiger partial charge >= 0.3 is 5.97 Å². The molecular weight excluding hydrogens is 726 g/mol. The van der Waals surface area contributed by atoms with Crippen LogP contribution in [0, 0.1) is 17.8 Å². The summed E-state index contributed by atoms with van der Waals surface area (Å²) in [5, 5.41) is 65.8. The third-order valence-corrected chi connectivity index (χ3v) is 13.0. The van der Waals surface area contributed by atoms with E-state index >= 15 is 0 Å². The van der Waals surface area contributed by atoms with Gasteiger partial charge in [0, 0.05) is 38.1 Å². The molecule has 0 saturated carbocycles. The van der Waals surface area contributed by atoms with E-state index in [0.717, 1.165) is 6.42 Å². The van der Waals surface area contributed by atoms with Crippen molar-refractivity contribution in [3.63, 3.8) is 0 Å². The van der Waals surface area contributed by atoms with Crippen molar-refractivity contribution in [3.8, 4) is 0 Å². The van der Waals surface area contributed by atoms with Crippen molar-refractivity contribution < 1.29 is 58.7 Å². The molecule has 56 heavy (non-hydrogen) atoms. The minimum absolute atomic E-state index is 0.0939.